The van der Waals surface area contributed by atoms with Gasteiger partial charge < -0.3 is 0 Å². The van der Waals surface area contributed by atoms with Crippen LogP contribution >= 0.6 is 0 Å². The van der Waals surface area contributed by atoms with Gasteiger partial charge in [-0.1, -0.05) is 17.3 Å². The van der Waals surface area contributed by atoms with Crippen molar-refractivity contribution in [1.82, 2.24) is 34.7 Å². The van der Waals surface area contributed by atoms with Gasteiger partial charge in [0.25, 0.3) is 5.56 Å². The number of benzene rings is 1. The van der Waals surface area contributed by atoms with Crippen molar-refractivity contribution in [3.63, 3.8) is 0 Å². The van der Waals surface area contributed by atoms with Crippen molar-refractivity contribution in [3.8, 4) is 0 Å². The Hall–Kier alpha value is -3.16. The Balaban J connectivity index is 1.83. The molecule has 114 valence electrons. The summed E-state index contributed by atoms with van der Waals surface area (Å²) in [5.41, 5.74) is 3.31. The van der Waals surface area contributed by atoms with E-state index in [2.05, 4.69) is 25.4 Å². The molecule has 4 aromatic rings. The first-order valence-corrected chi connectivity index (χ1v) is 7.11. The maximum atomic E-state index is 12.5. The number of fused-ring (bicyclic) bond motifs is 2. The molecular formula is C15H13N7O. The molecule has 0 saturated heterocycles. The number of nitrogens with zero attached hydrogens (tertiary/aromatic N) is 7. The molecule has 0 atom stereocenters. The third-order valence-corrected chi connectivity index (χ3v) is 3.76. The van der Waals surface area contributed by atoms with Crippen LogP contribution in [0.1, 0.15) is 11.4 Å². The molecule has 0 bridgehead atoms. The second-order valence-electron chi connectivity index (χ2n) is 5.30. The molecule has 8 heteroatoms. The molecule has 0 aliphatic rings. The molecule has 1 aromatic carbocycles. The third kappa shape index (κ3) is 2.15. The summed E-state index contributed by atoms with van der Waals surface area (Å²) in [6.07, 6.45) is 1.50. The lowest BCUT2D eigenvalue weighted by Gasteiger charge is -2.07. The quantitative estimate of drug-likeness (QED) is 0.544. The van der Waals surface area contributed by atoms with Crippen molar-refractivity contribution in [2.45, 2.75) is 13.5 Å². The molecular weight excluding hydrogens is 294 g/mol. The summed E-state index contributed by atoms with van der Waals surface area (Å²) in [5, 5.41) is 12.5. The Morgan fingerprint density at radius 1 is 1.13 bits per heavy atom. The highest BCUT2D eigenvalue weighted by Gasteiger charge is 2.12. The number of hydrogen-bond acceptors (Lipinski definition) is 6. The van der Waals surface area contributed by atoms with Gasteiger partial charge in [-0.15, -0.1) is 5.10 Å². The molecule has 0 fully saturated rings. The van der Waals surface area contributed by atoms with E-state index in [9.17, 15) is 4.79 Å². The van der Waals surface area contributed by atoms with E-state index in [0.29, 0.717) is 16.7 Å². The fourth-order valence-electron chi connectivity index (χ4n) is 2.50. The second-order valence-corrected chi connectivity index (χ2v) is 5.30. The van der Waals surface area contributed by atoms with Gasteiger partial charge in [0.05, 0.1) is 35.2 Å². The fourth-order valence-corrected chi connectivity index (χ4v) is 2.50. The lowest BCUT2D eigenvalue weighted by Crippen LogP contribution is -2.25. The topological polar surface area (TPSA) is 91.4 Å². The zero-order valence-electron chi connectivity index (χ0n) is 12.6. The van der Waals surface area contributed by atoms with Gasteiger partial charge in [0.2, 0.25) is 0 Å². The summed E-state index contributed by atoms with van der Waals surface area (Å²) in [5.74, 6) is 0. The molecule has 0 saturated carbocycles. The van der Waals surface area contributed by atoms with Gasteiger partial charge in [0.15, 0.2) is 5.65 Å². The molecule has 0 radical (unpaired) electrons. The van der Waals surface area contributed by atoms with Crippen molar-refractivity contribution in [2.75, 3.05) is 0 Å². The van der Waals surface area contributed by atoms with Crippen LogP contribution in [-0.2, 0) is 13.6 Å². The number of rotatable bonds is 2. The summed E-state index contributed by atoms with van der Waals surface area (Å²) in [6.45, 7) is 2.09. The van der Waals surface area contributed by atoms with Crippen LogP contribution in [-0.4, -0.2) is 34.7 Å². The van der Waals surface area contributed by atoms with Gasteiger partial charge in [-0.25, -0.2) is 19.3 Å². The van der Waals surface area contributed by atoms with Gasteiger partial charge in [0, 0.05) is 7.05 Å². The van der Waals surface area contributed by atoms with E-state index >= 15 is 0 Å². The SMILES string of the molecule is Cc1nc2ccccc2nc1Cn1nnc2c(cnn2C)c1=O. The first-order chi connectivity index (χ1) is 11.1. The summed E-state index contributed by atoms with van der Waals surface area (Å²) in [4.78, 5) is 21.6. The first-order valence-electron chi connectivity index (χ1n) is 7.11. The minimum absolute atomic E-state index is 0.223. The van der Waals surface area contributed by atoms with Crippen molar-refractivity contribution in [2.24, 2.45) is 7.05 Å². The van der Waals surface area contributed by atoms with Gasteiger partial charge in [-0.2, -0.15) is 5.10 Å². The van der Waals surface area contributed by atoms with Crippen molar-refractivity contribution in [3.05, 3.63) is 52.2 Å². The lowest BCUT2D eigenvalue weighted by molar-refractivity contribution is 0.584. The Morgan fingerprint density at radius 3 is 2.65 bits per heavy atom. The largest absolute Gasteiger partial charge is 0.281 e. The van der Waals surface area contributed by atoms with Crippen molar-refractivity contribution in [1.29, 1.82) is 0 Å². The van der Waals surface area contributed by atoms with Crippen molar-refractivity contribution < 1.29 is 0 Å². The minimum Gasteiger partial charge on any atom is -0.267 e. The number of aryl methyl sites for hydroxylation is 2. The van der Waals surface area contributed by atoms with Crippen LogP contribution in [0.15, 0.2) is 35.3 Å². The Kier molecular flexibility index (Phi) is 2.90. The molecule has 8 nitrogen and oxygen atoms in total. The standard InChI is InChI=1S/C15H13N7O/c1-9-13(18-12-6-4-3-5-11(12)17-9)8-22-15(23)10-7-16-21(2)14(10)19-20-22/h3-7H,8H2,1-2H3. The van der Waals surface area contributed by atoms with E-state index in [1.54, 1.807) is 7.05 Å². The van der Waals surface area contributed by atoms with E-state index < -0.39 is 0 Å². The monoisotopic (exact) mass is 307 g/mol. The average molecular weight is 307 g/mol. The van der Waals surface area contributed by atoms with Gasteiger partial charge in [-0.3, -0.25) is 4.79 Å². The minimum atomic E-state index is -0.238. The first kappa shape index (κ1) is 13.5. The Labute approximate surface area is 130 Å². The molecule has 3 aromatic heterocycles. The third-order valence-electron chi connectivity index (χ3n) is 3.76. The van der Waals surface area contributed by atoms with E-state index in [1.807, 2.05) is 31.2 Å². The van der Waals surface area contributed by atoms with Crippen LogP contribution in [0.3, 0.4) is 0 Å². The number of aromatic nitrogens is 7. The van der Waals surface area contributed by atoms with E-state index in [0.717, 1.165) is 16.7 Å². The lowest BCUT2D eigenvalue weighted by atomic mass is 10.2. The van der Waals surface area contributed by atoms with E-state index in [1.165, 1.54) is 15.6 Å². The van der Waals surface area contributed by atoms with Crippen LogP contribution in [0.5, 0.6) is 0 Å². The predicted octanol–water partition coefficient (Wildman–Crippen LogP) is 0.825. The summed E-state index contributed by atoms with van der Waals surface area (Å²) >= 11 is 0. The smallest absolute Gasteiger partial charge is 0.267 e. The Morgan fingerprint density at radius 2 is 1.87 bits per heavy atom. The molecule has 0 aliphatic heterocycles. The molecule has 0 aliphatic carbocycles. The maximum Gasteiger partial charge on any atom is 0.281 e. The molecule has 4 rings (SSSR count). The number of hydrogen-bond donors (Lipinski definition) is 0. The van der Waals surface area contributed by atoms with Crippen LogP contribution in [0.25, 0.3) is 22.1 Å². The molecule has 3 heterocycles. The van der Waals surface area contributed by atoms with Crippen molar-refractivity contribution >= 4 is 22.1 Å². The summed E-state index contributed by atoms with van der Waals surface area (Å²) in [6, 6.07) is 7.63. The maximum absolute atomic E-state index is 12.5. The Bertz CT molecular complexity index is 1100. The summed E-state index contributed by atoms with van der Waals surface area (Å²) in [7, 11) is 1.72. The highest BCUT2D eigenvalue weighted by Crippen LogP contribution is 2.12. The highest BCUT2D eigenvalue weighted by molar-refractivity contribution is 5.74. The molecule has 0 amide bonds. The second kappa shape index (κ2) is 4.94. The van der Waals surface area contributed by atoms with Crippen LogP contribution in [0.2, 0.25) is 0 Å². The van der Waals surface area contributed by atoms with E-state index in [4.69, 9.17) is 0 Å². The van der Waals surface area contributed by atoms with Gasteiger partial charge >= 0.3 is 0 Å². The predicted molar refractivity (Wildman–Crippen MR) is 83.9 cm³/mol. The van der Waals surface area contributed by atoms with Gasteiger partial charge in [-0.05, 0) is 19.1 Å². The molecule has 0 N–H and O–H groups in total. The average Bonchev–Trinajstić information content (AvgIpc) is 2.92. The highest BCUT2D eigenvalue weighted by atomic mass is 16.1. The molecule has 23 heavy (non-hydrogen) atoms. The number of para-hydroxylation sites is 2. The van der Waals surface area contributed by atoms with E-state index in [-0.39, 0.29) is 12.1 Å². The van der Waals surface area contributed by atoms with Crippen LogP contribution in [0.4, 0.5) is 0 Å². The molecule has 0 spiro atoms. The normalized spacial score (nSPS) is 11.4. The summed E-state index contributed by atoms with van der Waals surface area (Å²) < 4.78 is 2.81. The zero-order chi connectivity index (χ0) is 16.0. The van der Waals surface area contributed by atoms with Crippen LogP contribution in [0, 0.1) is 6.92 Å². The fraction of sp³-hybridized carbons (Fsp3) is 0.200. The van der Waals surface area contributed by atoms with Gasteiger partial charge in [0.1, 0.15) is 5.39 Å². The molecule has 0 unspecified atom stereocenters. The van der Waals surface area contributed by atoms with Crippen LogP contribution < -0.4 is 5.56 Å². The zero-order valence-corrected chi connectivity index (χ0v) is 12.6.